The monoisotopic (exact) mass is 517 g/mol. The molecule has 0 atom stereocenters. The lowest BCUT2D eigenvalue weighted by molar-refractivity contribution is -0.140. The van der Waals surface area contributed by atoms with Gasteiger partial charge in [0.05, 0.1) is 20.8 Å². The molecule has 38 heavy (non-hydrogen) atoms. The van der Waals surface area contributed by atoms with Crippen molar-refractivity contribution in [2.75, 3.05) is 38.8 Å². The number of methoxy groups -OCH3 is 2. The molecule has 2 aliphatic heterocycles. The summed E-state index contributed by atoms with van der Waals surface area (Å²) in [4.78, 5) is 26.5. The number of nitrogens with zero attached hydrogens (tertiary/aromatic N) is 1. The van der Waals surface area contributed by atoms with Crippen molar-refractivity contribution in [3.05, 3.63) is 63.7 Å². The Bertz CT molecular complexity index is 1300. The van der Waals surface area contributed by atoms with Crippen LogP contribution in [-0.2, 0) is 33.7 Å². The molecule has 0 bridgehead atoms. The Morgan fingerprint density at radius 1 is 1.16 bits per heavy atom. The summed E-state index contributed by atoms with van der Waals surface area (Å²) >= 11 is 0. The van der Waals surface area contributed by atoms with Gasteiger partial charge in [-0.3, -0.25) is 4.79 Å². The van der Waals surface area contributed by atoms with Gasteiger partial charge in [0.25, 0.3) is 0 Å². The van der Waals surface area contributed by atoms with Crippen molar-refractivity contribution < 1.29 is 28.5 Å². The number of esters is 2. The van der Waals surface area contributed by atoms with Gasteiger partial charge in [-0.1, -0.05) is 41.7 Å². The van der Waals surface area contributed by atoms with Crippen LogP contribution in [0.1, 0.15) is 58.8 Å². The van der Waals surface area contributed by atoms with Crippen LogP contribution in [0.25, 0.3) is 0 Å². The number of anilines is 1. The van der Waals surface area contributed by atoms with Gasteiger partial charge in [0.2, 0.25) is 0 Å². The van der Waals surface area contributed by atoms with Crippen LogP contribution in [0, 0.1) is 18.8 Å². The average molecular weight is 518 g/mol. The molecule has 7 heteroatoms. The third-order valence-corrected chi connectivity index (χ3v) is 7.12. The van der Waals surface area contributed by atoms with Gasteiger partial charge in [0, 0.05) is 29.8 Å². The molecular weight excluding hydrogens is 482 g/mol. The second-order valence-electron chi connectivity index (χ2n) is 9.52. The summed E-state index contributed by atoms with van der Waals surface area (Å²) in [6.45, 7) is 5.83. The highest BCUT2D eigenvalue weighted by Crippen LogP contribution is 2.43. The quantitative estimate of drug-likeness (QED) is 0.265. The minimum absolute atomic E-state index is 0.138. The van der Waals surface area contributed by atoms with Crippen LogP contribution in [0.5, 0.6) is 11.5 Å². The Labute approximate surface area is 224 Å². The SMILES string of the molecule is COC(=O)CC/C(C)=C/Cc1c(OC)c(C)c2c(c1OCC#CCN1CCCc3ccccc31)C(=O)OC2. The van der Waals surface area contributed by atoms with E-state index in [-0.39, 0.29) is 19.2 Å². The lowest BCUT2D eigenvalue weighted by Crippen LogP contribution is -2.29. The zero-order chi connectivity index (χ0) is 27.1. The number of benzene rings is 2. The van der Waals surface area contributed by atoms with E-state index in [0.29, 0.717) is 42.9 Å². The number of hydrogen-bond acceptors (Lipinski definition) is 7. The standard InChI is InChI=1S/C31H35NO6/c1-21(14-16-27(33)35-3)13-15-24-29(36-4)22(2)25-20-38-31(34)28(25)30(24)37-19-8-7-17-32-18-9-11-23-10-5-6-12-26(23)32/h5-6,10,12-13H,9,11,14-20H2,1-4H3/b21-13+. The number of hydrogen-bond donors (Lipinski definition) is 0. The van der Waals surface area contributed by atoms with Gasteiger partial charge in [-0.2, -0.15) is 0 Å². The maximum Gasteiger partial charge on any atom is 0.342 e. The van der Waals surface area contributed by atoms with Gasteiger partial charge >= 0.3 is 11.9 Å². The summed E-state index contributed by atoms with van der Waals surface area (Å²) in [5, 5.41) is 0. The molecule has 2 aromatic rings. The van der Waals surface area contributed by atoms with E-state index in [9.17, 15) is 9.59 Å². The molecule has 0 saturated carbocycles. The Balaban J connectivity index is 1.54. The molecule has 0 amide bonds. The van der Waals surface area contributed by atoms with Gasteiger partial charge in [0.1, 0.15) is 30.3 Å². The smallest absolute Gasteiger partial charge is 0.342 e. The predicted octanol–water partition coefficient (Wildman–Crippen LogP) is 4.95. The molecule has 0 N–H and O–H groups in total. The van der Waals surface area contributed by atoms with E-state index in [1.54, 1.807) is 7.11 Å². The topological polar surface area (TPSA) is 74.3 Å². The summed E-state index contributed by atoms with van der Waals surface area (Å²) in [6.07, 6.45) is 5.61. The second kappa shape index (κ2) is 12.6. The molecule has 0 radical (unpaired) electrons. The Hall–Kier alpha value is -3.92. The maximum atomic E-state index is 12.7. The second-order valence-corrected chi connectivity index (χ2v) is 9.52. The van der Waals surface area contributed by atoms with E-state index in [1.165, 1.54) is 18.4 Å². The van der Waals surface area contributed by atoms with E-state index in [2.05, 4.69) is 41.0 Å². The van der Waals surface area contributed by atoms with Crippen LogP contribution in [0.2, 0.25) is 0 Å². The van der Waals surface area contributed by atoms with E-state index < -0.39 is 5.97 Å². The number of fused-ring (bicyclic) bond motifs is 2. The van der Waals surface area contributed by atoms with Crippen LogP contribution in [0.4, 0.5) is 5.69 Å². The minimum Gasteiger partial charge on any atom is -0.496 e. The van der Waals surface area contributed by atoms with Gasteiger partial charge < -0.3 is 23.8 Å². The Morgan fingerprint density at radius 3 is 2.76 bits per heavy atom. The fraction of sp³-hybridized carbons (Fsp3) is 0.419. The van der Waals surface area contributed by atoms with Gasteiger partial charge in [0.15, 0.2) is 0 Å². The number of rotatable bonds is 9. The summed E-state index contributed by atoms with van der Waals surface area (Å²) < 4.78 is 22.1. The van der Waals surface area contributed by atoms with E-state index in [0.717, 1.165) is 41.6 Å². The minimum atomic E-state index is -0.397. The number of para-hydroxylation sites is 1. The lowest BCUT2D eigenvalue weighted by atomic mass is 9.94. The van der Waals surface area contributed by atoms with Gasteiger partial charge in [-0.05, 0) is 56.7 Å². The highest BCUT2D eigenvalue weighted by atomic mass is 16.5. The number of carbonyl (C=O) groups is 2. The summed E-state index contributed by atoms with van der Waals surface area (Å²) in [5.41, 5.74) is 6.51. The van der Waals surface area contributed by atoms with Crippen molar-refractivity contribution in [3.8, 4) is 23.3 Å². The first-order chi connectivity index (χ1) is 18.4. The van der Waals surface area contributed by atoms with Crippen molar-refractivity contribution in [2.45, 2.75) is 52.6 Å². The molecule has 7 nitrogen and oxygen atoms in total. The number of allylic oxidation sites excluding steroid dienone is 2. The van der Waals surface area contributed by atoms with Gasteiger partial charge in [-0.15, -0.1) is 0 Å². The van der Waals surface area contributed by atoms with Crippen LogP contribution >= 0.6 is 0 Å². The molecule has 4 rings (SSSR count). The van der Waals surface area contributed by atoms with E-state index >= 15 is 0 Å². The normalized spacial score (nSPS) is 14.2. The van der Waals surface area contributed by atoms with Crippen LogP contribution < -0.4 is 14.4 Å². The highest BCUT2D eigenvalue weighted by Gasteiger charge is 2.33. The molecule has 0 saturated heterocycles. The fourth-order valence-corrected chi connectivity index (χ4v) is 5.04. The fourth-order valence-electron chi connectivity index (χ4n) is 5.04. The van der Waals surface area contributed by atoms with Crippen molar-refractivity contribution in [1.29, 1.82) is 0 Å². The van der Waals surface area contributed by atoms with Crippen molar-refractivity contribution in [1.82, 2.24) is 0 Å². The molecule has 0 aliphatic carbocycles. The van der Waals surface area contributed by atoms with Crippen molar-refractivity contribution >= 4 is 17.6 Å². The molecule has 0 aromatic heterocycles. The van der Waals surface area contributed by atoms with Crippen molar-refractivity contribution in [3.63, 3.8) is 0 Å². The molecule has 2 aromatic carbocycles. The van der Waals surface area contributed by atoms with Crippen LogP contribution in [0.3, 0.4) is 0 Å². The first kappa shape index (κ1) is 27.1. The average Bonchev–Trinajstić information content (AvgIpc) is 3.33. The highest BCUT2D eigenvalue weighted by molar-refractivity contribution is 5.98. The molecular formula is C31H35NO6. The van der Waals surface area contributed by atoms with E-state index in [1.807, 2.05) is 19.9 Å². The first-order valence-electron chi connectivity index (χ1n) is 13.0. The third-order valence-electron chi connectivity index (χ3n) is 7.12. The van der Waals surface area contributed by atoms with Gasteiger partial charge in [-0.25, -0.2) is 4.79 Å². The molecule has 0 fully saturated rings. The largest absolute Gasteiger partial charge is 0.496 e. The predicted molar refractivity (Wildman–Crippen MR) is 146 cm³/mol. The molecule has 0 unspecified atom stereocenters. The first-order valence-corrected chi connectivity index (χ1v) is 13.0. The number of cyclic esters (lactones) is 1. The summed E-state index contributed by atoms with van der Waals surface area (Å²) in [6, 6.07) is 8.46. The maximum absolute atomic E-state index is 12.7. The van der Waals surface area contributed by atoms with Crippen LogP contribution in [0.15, 0.2) is 35.9 Å². The Kier molecular flexibility index (Phi) is 8.96. The molecule has 0 spiro atoms. The zero-order valence-electron chi connectivity index (χ0n) is 22.6. The summed E-state index contributed by atoms with van der Waals surface area (Å²) in [5.74, 6) is 6.85. The third kappa shape index (κ3) is 5.96. The number of ether oxygens (including phenoxy) is 4. The van der Waals surface area contributed by atoms with Crippen molar-refractivity contribution in [2.24, 2.45) is 0 Å². The van der Waals surface area contributed by atoms with E-state index in [4.69, 9.17) is 18.9 Å². The lowest BCUT2D eigenvalue weighted by Gasteiger charge is -2.29. The van der Waals surface area contributed by atoms with Crippen LogP contribution in [-0.4, -0.2) is 45.9 Å². The molecule has 2 heterocycles. The number of aryl methyl sites for hydroxylation is 1. The number of carbonyl (C=O) groups excluding carboxylic acids is 2. The molecule has 200 valence electrons. The zero-order valence-corrected chi connectivity index (χ0v) is 22.6. The Morgan fingerprint density at radius 2 is 1.97 bits per heavy atom. The summed E-state index contributed by atoms with van der Waals surface area (Å²) in [7, 11) is 3.00. The molecule has 2 aliphatic rings.